The van der Waals surface area contributed by atoms with E-state index < -0.39 is 30.2 Å². The molecule has 0 atom stereocenters. The van der Waals surface area contributed by atoms with E-state index in [1.807, 2.05) is 31.2 Å². The molecule has 0 spiro atoms. The predicted molar refractivity (Wildman–Crippen MR) is 110 cm³/mol. The van der Waals surface area contributed by atoms with Gasteiger partial charge in [0.2, 0.25) is 0 Å². The number of alkyl halides is 3. The Balaban J connectivity index is 1.67. The molecule has 0 bridgehead atoms. The second-order valence-corrected chi connectivity index (χ2v) is 7.00. The van der Waals surface area contributed by atoms with Crippen molar-refractivity contribution in [1.82, 2.24) is 4.98 Å². The summed E-state index contributed by atoms with van der Waals surface area (Å²) in [6, 6.07) is 15.0. The number of hydrogen-bond acceptors (Lipinski definition) is 4. The standard InChI is InChI=1S/C22H16ClF3N2O3/c1-13-6-8-14(9-7-13)16-4-2-3-5-17(16)21(30)31-12-19(29)28-20-18(23)10-15(11-27-20)22(24,25)26/h2-11H,12H2,1H3,(H,27,28,29). The molecule has 0 unspecified atom stereocenters. The Kier molecular flexibility index (Phi) is 6.60. The first kappa shape index (κ1) is 22.3. The van der Waals surface area contributed by atoms with Crippen LogP contribution in [-0.4, -0.2) is 23.5 Å². The molecule has 9 heteroatoms. The second kappa shape index (κ2) is 9.18. The highest BCUT2D eigenvalue weighted by Gasteiger charge is 2.31. The number of esters is 1. The number of aryl methyl sites for hydroxylation is 1. The highest BCUT2D eigenvalue weighted by Crippen LogP contribution is 2.32. The SMILES string of the molecule is Cc1ccc(-c2ccccc2C(=O)OCC(=O)Nc2ncc(C(F)(F)F)cc2Cl)cc1. The van der Waals surface area contributed by atoms with Crippen LogP contribution in [0.3, 0.4) is 0 Å². The first-order valence-corrected chi connectivity index (χ1v) is 9.39. The van der Waals surface area contributed by atoms with Crippen LogP contribution in [0.1, 0.15) is 21.5 Å². The average molecular weight is 449 g/mol. The van der Waals surface area contributed by atoms with Crippen molar-refractivity contribution >= 4 is 29.3 Å². The minimum absolute atomic E-state index is 0.268. The largest absolute Gasteiger partial charge is 0.452 e. The number of anilines is 1. The smallest absolute Gasteiger partial charge is 0.417 e. The summed E-state index contributed by atoms with van der Waals surface area (Å²) in [6.45, 7) is 1.28. The fraction of sp³-hybridized carbons (Fsp3) is 0.136. The van der Waals surface area contributed by atoms with E-state index in [1.165, 1.54) is 0 Å². The molecular formula is C22H16ClF3N2O3. The van der Waals surface area contributed by atoms with Crippen molar-refractivity contribution in [2.24, 2.45) is 0 Å². The summed E-state index contributed by atoms with van der Waals surface area (Å²) in [5, 5.41) is 1.83. The van der Waals surface area contributed by atoms with Crippen LogP contribution in [-0.2, 0) is 15.7 Å². The number of carbonyl (C=O) groups excluding carboxylic acids is 2. The van der Waals surface area contributed by atoms with Crippen LogP contribution in [0.2, 0.25) is 5.02 Å². The zero-order valence-electron chi connectivity index (χ0n) is 16.2. The quantitative estimate of drug-likeness (QED) is 0.521. The monoisotopic (exact) mass is 448 g/mol. The molecule has 31 heavy (non-hydrogen) atoms. The number of nitrogens with zero attached hydrogens (tertiary/aromatic N) is 1. The van der Waals surface area contributed by atoms with Gasteiger partial charge in [0.05, 0.1) is 16.1 Å². The fourth-order valence-electron chi connectivity index (χ4n) is 2.71. The van der Waals surface area contributed by atoms with Gasteiger partial charge in [-0.05, 0) is 30.2 Å². The summed E-state index contributed by atoms with van der Waals surface area (Å²) in [5.74, 6) is -1.79. The van der Waals surface area contributed by atoms with Gasteiger partial charge in [-0.1, -0.05) is 59.6 Å². The Bertz CT molecular complexity index is 1120. The van der Waals surface area contributed by atoms with E-state index in [0.29, 0.717) is 17.8 Å². The number of aromatic nitrogens is 1. The molecule has 0 aliphatic rings. The number of carbonyl (C=O) groups is 2. The lowest BCUT2D eigenvalue weighted by atomic mass is 9.99. The molecule has 1 heterocycles. The summed E-state index contributed by atoms with van der Waals surface area (Å²) in [5.41, 5.74) is 1.74. The van der Waals surface area contributed by atoms with Crippen LogP contribution in [0.15, 0.2) is 60.8 Å². The Morgan fingerprint density at radius 1 is 1.10 bits per heavy atom. The molecule has 0 fully saturated rings. The molecular weight excluding hydrogens is 433 g/mol. The first-order valence-electron chi connectivity index (χ1n) is 9.01. The minimum atomic E-state index is -4.61. The van der Waals surface area contributed by atoms with Gasteiger partial charge in [-0.3, -0.25) is 4.79 Å². The molecule has 5 nitrogen and oxygen atoms in total. The number of ether oxygens (including phenoxy) is 1. The highest BCUT2D eigenvalue weighted by molar-refractivity contribution is 6.33. The lowest BCUT2D eigenvalue weighted by Gasteiger charge is -2.11. The minimum Gasteiger partial charge on any atom is -0.452 e. The van der Waals surface area contributed by atoms with Crippen molar-refractivity contribution < 1.29 is 27.5 Å². The molecule has 3 rings (SSSR count). The van der Waals surface area contributed by atoms with Gasteiger partial charge in [0.25, 0.3) is 5.91 Å². The van der Waals surface area contributed by atoms with Gasteiger partial charge < -0.3 is 10.1 Å². The first-order chi connectivity index (χ1) is 14.6. The van der Waals surface area contributed by atoms with Crippen LogP contribution < -0.4 is 5.32 Å². The van der Waals surface area contributed by atoms with E-state index in [0.717, 1.165) is 11.1 Å². The number of nitrogens with one attached hydrogen (secondary N) is 1. The number of benzene rings is 2. The maximum Gasteiger partial charge on any atom is 0.417 e. The Morgan fingerprint density at radius 2 is 1.77 bits per heavy atom. The maximum atomic E-state index is 12.7. The maximum absolute atomic E-state index is 12.7. The van der Waals surface area contributed by atoms with Crippen molar-refractivity contribution in [2.45, 2.75) is 13.1 Å². The van der Waals surface area contributed by atoms with E-state index in [1.54, 1.807) is 24.3 Å². The number of pyridine rings is 1. The fourth-order valence-corrected chi connectivity index (χ4v) is 2.92. The predicted octanol–water partition coefficient (Wildman–Crippen LogP) is 5.52. The number of halogens is 4. The summed E-state index contributed by atoms with van der Waals surface area (Å²) in [7, 11) is 0. The molecule has 2 aromatic carbocycles. The van der Waals surface area contributed by atoms with Gasteiger partial charge in [-0.15, -0.1) is 0 Å². The second-order valence-electron chi connectivity index (χ2n) is 6.59. The van der Waals surface area contributed by atoms with Crippen molar-refractivity contribution in [1.29, 1.82) is 0 Å². The molecule has 0 aliphatic carbocycles. The zero-order valence-corrected chi connectivity index (χ0v) is 16.9. The Morgan fingerprint density at radius 3 is 2.42 bits per heavy atom. The van der Waals surface area contributed by atoms with Crippen molar-refractivity contribution in [3.05, 3.63) is 82.5 Å². The van der Waals surface area contributed by atoms with Gasteiger partial charge >= 0.3 is 12.1 Å². The Labute approximate surface area is 180 Å². The normalized spacial score (nSPS) is 11.1. The van der Waals surface area contributed by atoms with Crippen LogP contribution >= 0.6 is 11.6 Å². The Hall–Kier alpha value is -3.39. The topological polar surface area (TPSA) is 68.3 Å². The average Bonchev–Trinajstić information content (AvgIpc) is 2.73. The molecule has 1 amide bonds. The molecule has 0 saturated carbocycles. The van der Waals surface area contributed by atoms with Gasteiger partial charge in [0.1, 0.15) is 0 Å². The molecule has 0 aliphatic heterocycles. The summed E-state index contributed by atoms with van der Waals surface area (Å²) >= 11 is 5.75. The lowest BCUT2D eigenvalue weighted by molar-refractivity contribution is -0.137. The van der Waals surface area contributed by atoms with Crippen LogP contribution in [0.25, 0.3) is 11.1 Å². The van der Waals surface area contributed by atoms with E-state index in [-0.39, 0.29) is 16.4 Å². The highest BCUT2D eigenvalue weighted by atomic mass is 35.5. The van der Waals surface area contributed by atoms with Crippen molar-refractivity contribution in [2.75, 3.05) is 11.9 Å². The number of rotatable bonds is 5. The number of amides is 1. The van der Waals surface area contributed by atoms with E-state index >= 15 is 0 Å². The van der Waals surface area contributed by atoms with Crippen molar-refractivity contribution in [3.63, 3.8) is 0 Å². The van der Waals surface area contributed by atoms with Crippen LogP contribution in [0.4, 0.5) is 19.0 Å². The van der Waals surface area contributed by atoms with Gasteiger partial charge in [-0.25, -0.2) is 9.78 Å². The third kappa shape index (κ3) is 5.61. The van der Waals surface area contributed by atoms with E-state index in [2.05, 4.69) is 10.3 Å². The van der Waals surface area contributed by atoms with E-state index in [4.69, 9.17) is 16.3 Å². The summed E-state index contributed by atoms with van der Waals surface area (Å²) in [6.07, 6.45) is -4.06. The molecule has 1 N–H and O–H groups in total. The van der Waals surface area contributed by atoms with Crippen LogP contribution in [0.5, 0.6) is 0 Å². The third-order valence-corrected chi connectivity index (χ3v) is 4.56. The molecule has 3 aromatic rings. The van der Waals surface area contributed by atoms with Crippen LogP contribution in [0, 0.1) is 6.92 Å². The van der Waals surface area contributed by atoms with Crippen molar-refractivity contribution in [3.8, 4) is 11.1 Å². The molecule has 0 saturated heterocycles. The lowest BCUT2D eigenvalue weighted by Crippen LogP contribution is -2.22. The number of hydrogen-bond donors (Lipinski definition) is 1. The van der Waals surface area contributed by atoms with Gasteiger partial charge in [0, 0.05) is 6.20 Å². The zero-order chi connectivity index (χ0) is 22.6. The molecule has 160 valence electrons. The third-order valence-electron chi connectivity index (χ3n) is 4.27. The summed E-state index contributed by atoms with van der Waals surface area (Å²) < 4.78 is 43.1. The van der Waals surface area contributed by atoms with Gasteiger partial charge in [-0.2, -0.15) is 13.2 Å². The summed E-state index contributed by atoms with van der Waals surface area (Å²) in [4.78, 5) is 28.1. The molecule has 1 aromatic heterocycles. The molecule has 0 radical (unpaired) electrons. The van der Waals surface area contributed by atoms with E-state index in [9.17, 15) is 22.8 Å². The van der Waals surface area contributed by atoms with Gasteiger partial charge in [0.15, 0.2) is 12.4 Å².